The van der Waals surface area contributed by atoms with E-state index in [1.54, 1.807) is 6.07 Å². The highest BCUT2D eigenvalue weighted by atomic mass is 35.5. The lowest BCUT2D eigenvalue weighted by Crippen LogP contribution is -2.22. The quantitative estimate of drug-likeness (QED) is 0.799. The summed E-state index contributed by atoms with van der Waals surface area (Å²) in [4.78, 5) is 0. The zero-order valence-electron chi connectivity index (χ0n) is 10.2. The number of benzene rings is 2. The van der Waals surface area contributed by atoms with Gasteiger partial charge in [0, 0.05) is 23.5 Å². The van der Waals surface area contributed by atoms with Gasteiger partial charge in [0.1, 0.15) is 5.82 Å². The minimum absolute atomic E-state index is 0.0159. The lowest BCUT2D eigenvalue weighted by molar-refractivity contribution is 0.573. The fraction of sp³-hybridized carbons (Fsp3) is 0.200. The predicted octanol–water partition coefficient (Wildman–Crippen LogP) is 4.55. The van der Waals surface area contributed by atoms with Crippen molar-refractivity contribution in [1.82, 2.24) is 5.32 Å². The number of halogens is 3. The van der Waals surface area contributed by atoms with Crippen LogP contribution in [0.25, 0.3) is 0 Å². The maximum absolute atomic E-state index is 13.2. The molecule has 19 heavy (non-hydrogen) atoms. The van der Waals surface area contributed by atoms with Crippen molar-refractivity contribution in [1.29, 1.82) is 0 Å². The van der Waals surface area contributed by atoms with E-state index in [0.717, 1.165) is 11.1 Å². The molecule has 0 bridgehead atoms. The van der Waals surface area contributed by atoms with E-state index in [9.17, 15) is 4.39 Å². The molecule has 0 saturated heterocycles. The Labute approximate surface area is 122 Å². The van der Waals surface area contributed by atoms with Crippen LogP contribution >= 0.6 is 23.2 Å². The predicted molar refractivity (Wildman–Crippen MR) is 78.2 cm³/mol. The first kappa shape index (κ1) is 14.3. The number of hydrogen-bond acceptors (Lipinski definition) is 1. The van der Waals surface area contributed by atoms with Gasteiger partial charge in [-0.05, 0) is 29.3 Å². The van der Waals surface area contributed by atoms with E-state index in [1.165, 1.54) is 12.1 Å². The van der Waals surface area contributed by atoms with E-state index in [0.29, 0.717) is 17.4 Å². The number of nitrogens with one attached hydrogen (secondary N) is 1. The van der Waals surface area contributed by atoms with Crippen LogP contribution in [0.1, 0.15) is 17.2 Å². The fourth-order valence-corrected chi connectivity index (χ4v) is 2.33. The van der Waals surface area contributed by atoms with Crippen LogP contribution in [-0.4, -0.2) is 5.88 Å². The van der Waals surface area contributed by atoms with Crippen LogP contribution < -0.4 is 5.32 Å². The van der Waals surface area contributed by atoms with E-state index >= 15 is 0 Å². The molecule has 1 unspecified atom stereocenters. The Morgan fingerprint density at radius 1 is 1.11 bits per heavy atom. The molecular weight excluding hydrogens is 284 g/mol. The molecule has 0 saturated carbocycles. The Balaban J connectivity index is 2.06. The molecule has 0 aromatic heterocycles. The largest absolute Gasteiger partial charge is 0.305 e. The van der Waals surface area contributed by atoms with E-state index in [1.807, 2.05) is 30.3 Å². The third-order valence-electron chi connectivity index (χ3n) is 2.90. The maximum Gasteiger partial charge on any atom is 0.123 e. The number of rotatable bonds is 5. The van der Waals surface area contributed by atoms with Gasteiger partial charge in [0.2, 0.25) is 0 Å². The molecule has 1 atom stereocenters. The molecule has 2 aromatic rings. The van der Waals surface area contributed by atoms with Gasteiger partial charge in [-0.3, -0.25) is 0 Å². The molecule has 0 amide bonds. The average molecular weight is 298 g/mol. The summed E-state index contributed by atoms with van der Waals surface area (Å²) in [7, 11) is 0. The summed E-state index contributed by atoms with van der Waals surface area (Å²) in [6, 6.07) is 14.3. The molecule has 1 N–H and O–H groups in total. The molecular formula is C15H14Cl2FN. The summed E-state index contributed by atoms with van der Waals surface area (Å²) < 4.78 is 13.2. The lowest BCUT2D eigenvalue weighted by atomic mass is 10.1. The normalized spacial score (nSPS) is 12.4. The van der Waals surface area contributed by atoms with Crippen LogP contribution in [-0.2, 0) is 6.54 Å². The van der Waals surface area contributed by atoms with E-state index in [4.69, 9.17) is 23.2 Å². The van der Waals surface area contributed by atoms with Crippen LogP contribution in [0.4, 0.5) is 4.39 Å². The van der Waals surface area contributed by atoms with Crippen molar-refractivity contribution in [3.63, 3.8) is 0 Å². The summed E-state index contributed by atoms with van der Waals surface area (Å²) >= 11 is 12.0. The molecule has 0 aliphatic rings. The first-order chi connectivity index (χ1) is 9.20. The highest BCUT2D eigenvalue weighted by Gasteiger charge is 2.10. The average Bonchev–Trinajstić information content (AvgIpc) is 2.44. The minimum Gasteiger partial charge on any atom is -0.305 e. The Bertz CT molecular complexity index is 531. The number of hydrogen-bond donors (Lipinski definition) is 1. The molecule has 0 aliphatic heterocycles. The summed E-state index contributed by atoms with van der Waals surface area (Å²) in [5, 5.41) is 3.84. The fourth-order valence-electron chi connectivity index (χ4n) is 1.86. The molecule has 0 fully saturated rings. The second-order valence-electron chi connectivity index (χ2n) is 4.23. The molecule has 2 rings (SSSR count). The van der Waals surface area contributed by atoms with Gasteiger partial charge in [-0.2, -0.15) is 0 Å². The molecule has 1 nitrogen and oxygen atoms in total. The van der Waals surface area contributed by atoms with Gasteiger partial charge < -0.3 is 5.32 Å². The van der Waals surface area contributed by atoms with Crippen molar-refractivity contribution >= 4 is 23.2 Å². The van der Waals surface area contributed by atoms with Crippen molar-refractivity contribution < 1.29 is 4.39 Å². The number of alkyl halides is 1. The first-order valence-corrected chi connectivity index (χ1v) is 6.90. The van der Waals surface area contributed by atoms with Crippen molar-refractivity contribution in [2.45, 2.75) is 12.6 Å². The van der Waals surface area contributed by atoms with Gasteiger partial charge in [-0.15, -0.1) is 11.6 Å². The zero-order valence-corrected chi connectivity index (χ0v) is 11.8. The molecule has 0 heterocycles. The second-order valence-corrected chi connectivity index (χ2v) is 4.95. The van der Waals surface area contributed by atoms with Crippen LogP contribution in [0, 0.1) is 5.82 Å². The summed E-state index contributed by atoms with van der Waals surface area (Å²) in [5.41, 5.74) is 1.83. The van der Waals surface area contributed by atoms with Crippen LogP contribution in [0.15, 0.2) is 48.5 Å². The monoisotopic (exact) mass is 297 g/mol. The molecule has 4 heteroatoms. The smallest absolute Gasteiger partial charge is 0.123 e. The molecule has 100 valence electrons. The van der Waals surface area contributed by atoms with E-state index < -0.39 is 0 Å². The summed E-state index contributed by atoms with van der Waals surface area (Å²) in [5.74, 6) is 0.153. The van der Waals surface area contributed by atoms with Crippen molar-refractivity contribution in [2.24, 2.45) is 0 Å². The minimum atomic E-state index is -0.289. The van der Waals surface area contributed by atoms with Gasteiger partial charge in [0.05, 0.1) is 0 Å². The highest BCUT2D eigenvalue weighted by molar-refractivity contribution is 6.31. The van der Waals surface area contributed by atoms with Crippen molar-refractivity contribution in [3.8, 4) is 0 Å². The van der Waals surface area contributed by atoms with Crippen LogP contribution in [0.5, 0.6) is 0 Å². The molecule has 0 radical (unpaired) electrons. The van der Waals surface area contributed by atoms with Gasteiger partial charge >= 0.3 is 0 Å². The molecule has 2 aromatic carbocycles. The maximum atomic E-state index is 13.2. The van der Waals surface area contributed by atoms with Crippen LogP contribution in [0.3, 0.4) is 0 Å². The SMILES string of the molecule is Fc1ccc(Cl)c(CNC(CCl)c2ccccc2)c1. The highest BCUT2D eigenvalue weighted by Crippen LogP contribution is 2.19. The van der Waals surface area contributed by atoms with Gasteiger partial charge in [0.25, 0.3) is 0 Å². The third-order valence-corrected chi connectivity index (χ3v) is 3.58. The standard InChI is InChI=1S/C15H14Cl2FN/c16-9-15(11-4-2-1-3-5-11)19-10-12-8-13(18)6-7-14(12)17/h1-8,15,19H,9-10H2. The zero-order chi connectivity index (χ0) is 13.7. The Kier molecular flexibility index (Phi) is 5.20. The third kappa shape index (κ3) is 3.93. The molecule has 0 spiro atoms. The summed E-state index contributed by atoms with van der Waals surface area (Å²) in [6.07, 6.45) is 0. The first-order valence-electron chi connectivity index (χ1n) is 5.99. The van der Waals surface area contributed by atoms with E-state index in [-0.39, 0.29) is 11.9 Å². The van der Waals surface area contributed by atoms with Gasteiger partial charge in [-0.25, -0.2) is 4.39 Å². The Hall–Kier alpha value is -1.09. The Morgan fingerprint density at radius 3 is 2.53 bits per heavy atom. The molecule has 0 aliphatic carbocycles. The van der Waals surface area contributed by atoms with E-state index in [2.05, 4.69) is 5.32 Å². The van der Waals surface area contributed by atoms with Gasteiger partial charge in [-0.1, -0.05) is 41.9 Å². The summed E-state index contributed by atoms with van der Waals surface area (Å²) in [6.45, 7) is 0.475. The lowest BCUT2D eigenvalue weighted by Gasteiger charge is -2.17. The van der Waals surface area contributed by atoms with Crippen LogP contribution in [0.2, 0.25) is 5.02 Å². The van der Waals surface area contributed by atoms with Crippen molar-refractivity contribution in [3.05, 3.63) is 70.5 Å². The second kappa shape index (κ2) is 6.90. The van der Waals surface area contributed by atoms with Crippen molar-refractivity contribution in [2.75, 3.05) is 5.88 Å². The van der Waals surface area contributed by atoms with Gasteiger partial charge in [0.15, 0.2) is 0 Å². The topological polar surface area (TPSA) is 12.0 Å². The Morgan fingerprint density at radius 2 is 1.84 bits per heavy atom.